The van der Waals surface area contributed by atoms with Crippen molar-refractivity contribution in [2.45, 2.75) is 38.9 Å². The molecule has 1 aromatic rings. The summed E-state index contributed by atoms with van der Waals surface area (Å²) >= 11 is 5.70. The molecule has 0 amide bonds. The van der Waals surface area contributed by atoms with Gasteiger partial charge in [-0.2, -0.15) is 0 Å². The van der Waals surface area contributed by atoms with Crippen molar-refractivity contribution in [2.24, 2.45) is 0 Å². The maximum absolute atomic E-state index is 11.0. The number of aliphatic carboxylic acids is 1. The van der Waals surface area contributed by atoms with Crippen LogP contribution < -0.4 is 4.74 Å². The number of esters is 1. The molecule has 0 aromatic carbocycles. The molecule has 1 rings (SSSR count). The van der Waals surface area contributed by atoms with E-state index in [0.29, 0.717) is 0 Å². The Morgan fingerprint density at radius 3 is 2.65 bits per heavy atom. The molecule has 1 atom stereocenters. The highest BCUT2D eigenvalue weighted by molar-refractivity contribution is 6.29. The summed E-state index contributed by atoms with van der Waals surface area (Å²) in [5, 5.41) is 8.76. The van der Waals surface area contributed by atoms with Gasteiger partial charge in [0.1, 0.15) is 23.2 Å². The molecular formula is C12H15ClN2O5. The molecule has 0 aliphatic rings. The molecule has 7 nitrogen and oxygen atoms in total. The first-order valence-corrected chi connectivity index (χ1v) is 6.18. The van der Waals surface area contributed by atoms with E-state index in [4.69, 9.17) is 26.2 Å². The van der Waals surface area contributed by atoms with E-state index in [1.54, 1.807) is 20.8 Å². The summed E-state index contributed by atoms with van der Waals surface area (Å²) in [6.07, 6.45) is 1.19. The molecule has 0 radical (unpaired) electrons. The van der Waals surface area contributed by atoms with Crippen LogP contribution in [0.25, 0.3) is 0 Å². The van der Waals surface area contributed by atoms with Crippen molar-refractivity contribution < 1.29 is 24.2 Å². The van der Waals surface area contributed by atoms with Crippen LogP contribution >= 0.6 is 11.6 Å². The summed E-state index contributed by atoms with van der Waals surface area (Å²) in [6.45, 7) is 4.94. The van der Waals surface area contributed by atoms with E-state index >= 15 is 0 Å². The molecule has 20 heavy (non-hydrogen) atoms. The Labute approximate surface area is 120 Å². The second-order valence-corrected chi connectivity index (χ2v) is 5.15. The monoisotopic (exact) mass is 302 g/mol. The number of carbonyl (C=O) groups excluding carboxylic acids is 1. The Kier molecular flexibility index (Phi) is 5.26. The van der Waals surface area contributed by atoms with Crippen LogP contribution in [0, 0.1) is 0 Å². The third-order valence-corrected chi connectivity index (χ3v) is 2.46. The molecule has 0 saturated heterocycles. The molecule has 1 unspecified atom stereocenters. The minimum atomic E-state index is -1.63. The highest BCUT2D eigenvalue weighted by Gasteiger charge is 2.29. The molecule has 0 aliphatic carbocycles. The van der Waals surface area contributed by atoms with Crippen molar-refractivity contribution in [1.82, 2.24) is 9.97 Å². The van der Waals surface area contributed by atoms with Crippen LogP contribution in [0.2, 0.25) is 5.15 Å². The molecule has 110 valence electrons. The molecule has 0 saturated carbocycles. The zero-order valence-electron chi connectivity index (χ0n) is 11.3. The molecule has 1 N–H and O–H groups in total. The van der Waals surface area contributed by atoms with Gasteiger partial charge in [0.15, 0.2) is 0 Å². The fraction of sp³-hybridized carbons (Fsp3) is 0.500. The number of carbonyl (C=O) groups is 2. The standard InChI is InChI=1S/C12H15ClN2O5/c1-7(19-9-4-8(13)14-6-15-9)5-12(2,3)20-11(18)10(16)17/h4,6-7H,5H2,1-3H3,(H,16,17). The lowest BCUT2D eigenvalue weighted by Crippen LogP contribution is -2.36. The van der Waals surface area contributed by atoms with Crippen molar-refractivity contribution >= 4 is 23.5 Å². The first-order valence-electron chi connectivity index (χ1n) is 5.80. The summed E-state index contributed by atoms with van der Waals surface area (Å²) < 4.78 is 10.4. The fourth-order valence-corrected chi connectivity index (χ4v) is 1.80. The fourth-order valence-electron chi connectivity index (χ4n) is 1.66. The molecule has 1 heterocycles. The van der Waals surface area contributed by atoms with Gasteiger partial charge >= 0.3 is 11.9 Å². The number of ether oxygens (including phenoxy) is 2. The van der Waals surface area contributed by atoms with Crippen LogP contribution in [-0.4, -0.2) is 38.7 Å². The van der Waals surface area contributed by atoms with E-state index in [2.05, 4.69) is 9.97 Å². The normalized spacial score (nSPS) is 12.6. The Morgan fingerprint density at radius 2 is 2.10 bits per heavy atom. The molecule has 0 spiro atoms. The summed E-state index contributed by atoms with van der Waals surface area (Å²) in [4.78, 5) is 29.1. The zero-order chi connectivity index (χ0) is 15.3. The first-order chi connectivity index (χ1) is 9.19. The summed E-state index contributed by atoms with van der Waals surface area (Å²) in [7, 11) is 0. The number of hydrogen-bond donors (Lipinski definition) is 1. The highest BCUT2D eigenvalue weighted by atomic mass is 35.5. The Hall–Kier alpha value is -1.89. The van der Waals surface area contributed by atoms with E-state index < -0.39 is 17.5 Å². The number of rotatable bonds is 5. The van der Waals surface area contributed by atoms with E-state index in [0.717, 1.165) is 0 Å². The van der Waals surface area contributed by atoms with Crippen molar-refractivity contribution in [3.05, 3.63) is 17.5 Å². The first kappa shape index (κ1) is 16.2. The number of aromatic nitrogens is 2. The Bertz CT molecular complexity index is 506. The lowest BCUT2D eigenvalue weighted by atomic mass is 10.0. The number of hydrogen-bond acceptors (Lipinski definition) is 6. The van der Waals surface area contributed by atoms with Crippen LogP contribution in [-0.2, 0) is 14.3 Å². The smallest absolute Gasteiger partial charge is 0.417 e. The minimum absolute atomic E-state index is 0.249. The Morgan fingerprint density at radius 1 is 1.45 bits per heavy atom. The van der Waals surface area contributed by atoms with Gasteiger partial charge in [0, 0.05) is 12.5 Å². The van der Waals surface area contributed by atoms with Crippen molar-refractivity contribution in [3.8, 4) is 5.88 Å². The predicted octanol–water partition coefficient (Wildman–Crippen LogP) is 1.69. The Balaban J connectivity index is 2.58. The third kappa shape index (κ3) is 5.40. The average Bonchev–Trinajstić information content (AvgIpc) is 2.26. The largest absolute Gasteiger partial charge is 0.474 e. The van der Waals surface area contributed by atoms with Gasteiger partial charge in [0.05, 0.1) is 0 Å². The van der Waals surface area contributed by atoms with Gasteiger partial charge < -0.3 is 14.6 Å². The van der Waals surface area contributed by atoms with E-state index in [-0.39, 0.29) is 23.6 Å². The lowest BCUT2D eigenvalue weighted by Gasteiger charge is -2.27. The van der Waals surface area contributed by atoms with Gasteiger partial charge in [-0.1, -0.05) is 11.6 Å². The van der Waals surface area contributed by atoms with Gasteiger partial charge in [0.2, 0.25) is 5.88 Å². The number of carboxylic acid groups (broad SMARTS) is 1. The maximum Gasteiger partial charge on any atom is 0.417 e. The molecule has 1 aromatic heterocycles. The average molecular weight is 303 g/mol. The number of nitrogens with zero attached hydrogens (tertiary/aromatic N) is 2. The molecule has 0 aliphatic heterocycles. The van der Waals surface area contributed by atoms with Gasteiger partial charge in [-0.25, -0.2) is 19.6 Å². The quantitative estimate of drug-likeness (QED) is 0.502. The third-order valence-electron chi connectivity index (χ3n) is 2.25. The second kappa shape index (κ2) is 6.51. The molecule has 0 fully saturated rings. The predicted molar refractivity (Wildman–Crippen MR) is 69.6 cm³/mol. The number of halogens is 1. The molecule has 8 heteroatoms. The SMILES string of the molecule is CC(CC(C)(C)OC(=O)C(=O)O)Oc1cc(Cl)ncn1. The molecular weight excluding hydrogens is 288 g/mol. The number of carboxylic acids is 1. The maximum atomic E-state index is 11.0. The van der Waals surface area contributed by atoms with E-state index in [1.165, 1.54) is 12.4 Å². The lowest BCUT2D eigenvalue weighted by molar-refractivity contribution is -0.173. The summed E-state index contributed by atoms with van der Waals surface area (Å²) in [6, 6.07) is 1.45. The van der Waals surface area contributed by atoms with Gasteiger partial charge in [0.25, 0.3) is 0 Å². The summed E-state index contributed by atoms with van der Waals surface area (Å²) in [5.41, 5.74) is -0.980. The van der Waals surface area contributed by atoms with Crippen LogP contribution in [0.4, 0.5) is 0 Å². The zero-order valence-corrected chi connectivity index (χ0v) is 12.0. The summed E-state index contributed by atoms with van der Waals surface area (Å²) in [5.74, 6) is -2.64. The van der Waals surface area contributed by atoms with Gasteiger partial charge in [-0.15, -0.1) is 0 Å². The van der Waals surface area contributed by atoms with Gasteiger partial charge in [-0.05, 0) is 20.8 Å². The second-order valence-electron chi connectivity index (χ2n) is 4.77. The molecule has 0 bridgehead atoms. The van der Waals surface area contributed by atoms with E-state index in [9.17, 15) is 9.59 Å². The van der Waals surface area contributed by atoms with Crippen LogP contribution in [0.1, 0.15) is 27.2 Å². The van der Waals surface area contributed by atoms with Crippen molar-refractivity contribution in [3.63, 3.8) is 0 Å². The van der Waals surface area contributed by atoms with E-state index in [1.807, 2.05) is 0 Å². The van der Waals surface area contributed by atoms with Crippen LogP contribution in [0.15, 0.2) is 12.4 Å². The van der Waals surface area contributed by atoms with Crippen LogP contribution in [0.5, 0.6) is 5.88 Å². The van der Waals surface area contributed by atoms with Crippen LogP contribution in [0.3, 0.4) is 0 Å². The van der Waals surface area contributed by atoms with Crippen molar-refractivity contribution in [1.29, 1.82) is 0 Å². The van der Waals surface area contributed by atoms with Gasteiger partial charge in [-0.3, -0.25) is 0 Å². The highest BCUT2D eigenvalue weighted by Crippen LogP contribution is 2.21. The minimum Gasteiger partial charge on any atom is -0.474 e. The van der Waals surface area contributed by atoms with Crippen molar-refractivity contribution in [2.75, 3.05) is 0 Å². The topological polar surface area (TPSA) is 98.6 Å².